The van der Waals surface area contributed by atoms with Crippen molar-refractivity contribution in [2.24, 2.45) is 7.05 Å². The average molecular weight is 279 g/mol. The van der Waals surface area contributed by atoms with Gasteiger partial charge in [0.15, 0.2) is 0 Å². The predicted molar refractivity (Wildman–Crippen MR) is 77.3 cm³/mol. The molecule has 0 aliphatic carbocycles. The van der Waals surface area contributed by atoms with E-state index in [2.05, 4.69) is 46.8 Å². The molecular weight excluding hydrogens is 258 g/mol. The third-order valence-electron chi connectivity index (χ3n) is 3.07. The Morgan fingerprint density at radius 1 is 1.42 bits per heavy atom. The van der Waals surface area contributed by atoms with Gasteiger partial charge in [-0.3, -0.25) is 4.68 Å². The molecule has 0 fully saturated rings. The van der Waals surface area contributed by atoms with Crippen LogP contribution in [-0.4, -0.2) is 26.4 Å². The minimum absolute atomic E-state index is 0.0154. The molecule has 2 heterocycles. The van der Waals surface area contributed by atoms with Crippen molar-refractivity contribution in [1.82, 2.24) is 24.7 Å². The molecule has 0 radical (unpaired) electrons. The van der Waals surface area contributed by atoms with Crippen LogP contribution in [0.5, 0.6) is 0 Å². The van der Waals surface area contributed by atoms with Crippen molar-refractivity contribution in [3.8, 4) is 0 Å². The first-order chi connectivity index (χ1) is 8.91. The van der Waals surface area contributed by atoms with Crippen LogP contribution in [0.25, 0.3) is 0 Å². The first kappa shape index (κ1) is 14.1. The molecule has 0 aliphatic rings. The molecule has 0 aliphatic heterocycles. The van der Waals surface area contributed by atoms with E-state index in [0.29, 0.717) is 0 Å². The summed E-state index contributed by atoms with van der Waals surface area (Å²) >= 11 is 1.48. The molecule has 2 aromatic heterocycles. The molecule has 1 N–H and O–H groups in total. The lowest BCUT2D eigenvalue weighted by Gasteiger charge is -2.21. The molecule has 0 amide bonds. The van der Waals surface area contributed by atoms with Crippen LogP contribution in [-0.2, 0) is 18.9 Å². The molecule has 6 heteroatoms. The van der Waals surface area contributed by atoms with Crippen molar-refractivity contribution in [2.75, 3.05) is 7.05 Å². The van der Waals surface area contributed by atoms with Crippen molar-refractivity contribution >= 4 is 11.5 Å². The lowest BCUT2D eigenvalue weighted by Crippen LogP contribution is -2.23. The topological polar surface area (TPSA) is 55.6 Å². The number of aromatic nitrogens is 4. The first-order valence-corrected chi connectivity index (χ1v) is 7.17. The average Bonchev–Trinajstić information content (AvgIpc) is 2.93. The standard InChI is InChI=1S/C13H21N5S/c1-13(2,3)12-11(19-17-15-12)10(14-4)8-9-6-7-18(5)16-9/h6-7,10,14H,8H2,1-5H3. The SMILES string of the molecule is CNC(Cc1ccn(C)n1)c1snnc1C(C)(C)C. The predicted octanol–water partition coefficient (Wildman–Crippen LogP) is 2.07. The summed E-state index contributed by atoms with van der Waals surface area (Å²) in [5.41, 5.74) is 2.17. The Labute approximate surface area is 118 Å². The number of hydrogen-bond donors (Lipinski definition) is 1. The summed E-state index contributed by atoms with van der Waals surface area (Å²) < 4.78 is 5.96. The molecule has 19 heavy (non-hydrogen) atoms. The molecule has 0 saturated carbocycles. The summed E-state index contributed by atoms with van der Waals surface area (Å²) in [5, 5.41) is 12.1. The third-order valence-corrected chi connectivity index (χ3v) is 3.91. The maximum atomic E-state index is 4.44. The lowest BCUT2D eigenvalue weighted by atomic mass is 9.89. The Morgan fingerprint density at radius 2 is 2.16 bits per heavy atom. The summed E-state index contributed by atoms with van der Waals surface area (Å²) in [4.78, 5) is 1.21. The van der Waals surface area contributed by atoms with E-state index >= 15 is 0 Å². The van der Waals surface area contributed by atoms with E-state index in [9.17, 15) is 0 Å². The second-order valence-electron chi connectivity index (χ2n) is 5.76. The van der Waals surface area contributed by atoms with E-state index in [1.54, 1.807) is 0 Å². The van der Waals surface area contributed by atoms with Crippen LogP contribution in [0.2, 0.25) is 0 Å². The van der Waals surface area contributed by atoms with E-state index in [-0.39, 0.29) is 11.5 Å². The molecule has 2 rings (SSSR count). The van der Waals surface area contributed by atoms with Gasteiger partial charge >= 0.3 is 0 Å². The van der Waals surface area contributed by atoms with Gasteiger partial charge in [-0.25, -0.2) is 0 Å². The van der Waals surface area contributed by atoms with Gasteiger partial charge in [-0.2, -0.15) is 5.10 Å². The number of aryl methyl sites for hydroxylation is 1. The van der Waals surface area contributed by atoms with E-state index in [1.165, 1.54) is 16.4 Å². The summed E-state index contributed by atoms with van der Waals surface area (Å²) in [6, 6.07) is 2.26. The monoisotopic (exact) mass is 279 g/mol. The Morgan fingerprint density at radius 3 is 2.68 bits per heavy atom. The summed E-state index contributed by atoms with van der Waals surface area (Å²) in [5.74, 6) is 0. The van der Waals surface area contributed by atoms with Crippen molar-refractivity contribution in [2.45, 2.75) is 38.6 Å². The molecule has 5 nitrogen and oxygen atoms in total. The largest absolute Gasteiger partial charge is 0.312 e. The molecule has 0 bridgehead atoms. The minimum Gasteiger partial charge on any atom is -0.312 e. The highest BCUT2D eigenvalue weighted by Gasteiger charge is 2.27. The highest BCUT2D eigenvalue weighted by Crippen LogP contribution is 2.31. The number of nitrogens with one attached hydrogen (secondary N) is 1. The number of rotatable bonds is 4. The molecule has 1 unspecified atom stereocenters. The van der Waals surface area contributed by atoms with Crippen LogP contribution in [0.15, 0.2) is 12.3 Å². The fraction of sp³-hybridized carbons (Fsp3) is 0.615. The van der Waals surface area contributed by atoms with Crippen LogP contribution in [0.4, 0.5) is 0 Å². The lowest BCUT2D eigenvalue weighted by molar-refractivity contribution is 0.526. The highest BCUT2D eigenvalue weighted by atomic mass is 32.1. The zero-order valence-corrected chi connectivity index (χ0v) is 13.0. The van der Waals surface area contributed by atoms with E-state index < -0.39 is 0 Å². The number of likely N-dealkylation sites (N-methyl/N-ethyl adjacent to an activating group) is 1. The van der Waals surface area contributed by atoms with Gasteiger partial charge in [0, 0.05) is 25.1 Å². The maximum Gasteiger partial charge on any atom is 0.0857 e. The number of nitrogens with zero attached hydrogens (tertiary/aromatic N) is 4. The van der Waals surface area contributed by atoms with Crippen LogP contribution in [0.1, 0.15) is 43.1 Å². The summed E-state index contributed by atoms with van der Waals surface area (Å²) in [7, 11) is 3.91. The Balaban J connectivity index is 2.25. The van der Waals surface area contributed by atoms with Gasteiger partial charge in [0.2, 0.25) is 0 Å². The van der Waals surface area contributed by atoms with Gasteiger partial charge in [0.25, 0.3) is 0 Å². The second-order valence-corrected chi connectivity index (χ2v) is 6.55. The zero-order valence-electron chi connectivity index (χ0n) is 12.1. The molecular formula is C13H21N5S. The van der Waals surface area contributed by atoms with Gasteiger partial charge in [-0.15, -0.1) is 5.10 Å². The first-order valence-electron chi connectivity index (χ1n) is 6.40. The minimum atomic E-state index is 0.0154. The van der Waals surface area contributed by atoms with Crippen molar-refractivity contribution < 1.29 is 0 Å². The fourth-order valence-electron chi connectivity index (χ4n) is 2.05. The molecule has 0 aromatic carbocycles. The molecule has 1 atom stereocenters. The molecule has 2 aromatic rings. The van der Waals surface area contributed by atoms with Gasteiger partial charge in [0.1, 0.15) is 0 Å². The van der Waals surface area contributed by atoms with Gasteiger partial charge < -0.3 is 5.32 Å². The van der Waals surface area contributed by atoms with Crippen molar-refractivity contribution in [3.63, 3.8) is 0 Å². The molecule has 0 saturated heterocycles. The van der Waals surface area contributed by atoms with Crippen LogP contribution in [0, 0.1) is 0 Å². The molecule has 104 valence electrons. The smallest absolute Gasteiger partial charge is 0.0857 e. The third kappa shape index (κ3) is 3.19. The summed E-state index contributed by atoms with van der Waals surface area (Å²) in [6.45, 7) is 6.50. The van der Waals surface area contributed by atoms with Crippen LogP contribution in [0.3, 0.4) is 0 Å². The van der Waals surface area contributed by atoms with Gasteiger partial charge in [-0.05, 0) is 24.6 Å². The summed E-state index contributed by atoms with van der Waals surface area (Å²) in [6.07, 6.45) is 2.82. The zero-order chi connectivity index (χ0) is 14.0. The van der Waals surface area contributed by atoms with Crippen molar-refractivity contribution in [1.29, 1.82) is 0 Å². The second kappa shape index (κ2) is 5.38. The van der Waals surface area contributed by atoms with Crippen molar-refractivity contribution in [3.05, 3.63) is 28.5 Å². The Hall–Kier alpha value is -1.27. The normalized spacial score (nSPS) is 13.7. The van der Waals surface area contributed by atoms with Crippen LogP contribution >= 0.6 is 11.5 Å². The van der Waals surface area contributed by atoms with Crippen LogP contribution < -0.4 is 5.32 Å². The molecule has 0 spiro atoms. The number of hydrogen-bond acceptors (Lipinski definition) is 5. The highest BCUT2D eigenvalue weighted by molar-refractivity contribution is 7.05. The Bertz CT molecular complexity index is 537. The van der Waals surface area contributed by atoms with Gasteiger partial charge in [-0.1, -0.05) is 25.3 Å². The van der Waals surface area contributed by atoms with E-state index in [0.717, 1.165) is 17.8 Å². The quantitative estimate of drug-likeness (QED) is 0.931. The fourth-order valence-corrected chi connectivity index (χ4v) is 3.03. The maximum absolute atomic E-state index is 4.44. The van der Waals surface area contributed by atoms with Gasteiger partial charge in [0.05, 0.1) is 22.3 Å². The Kier molecular flexibility index (Phi) is 4.01. The van der Waals surface area contributed by atoms with E-state index in [1.807, 2.05) is 25.0 Å². The van der Waals surface area contributed by atoms with E-state index in [4.69, 9.17) is 0 Å².